The SMILES string of the molecule is CN(C)Cc1ccc(-c2ccccc2CNC(=O)c2cccn(Cc3ccccc3)c2=O)cc1. The normalized spacial score (nSPS) is 10.9. The van der Waals surface area contributed by atoms with Gasteiger partial charge in [-0.2, -0.15) is 0 Å². The lowest BCUT2D eigenvalue weighted by Gasteiger charge is -2.13. The molecule has 3 aromatic carbocycles. The van der Waals surface area contributed by atoms with Crippen molar-refractivity contribution in [3.63, 3.8) is 0 Å². The molecule has 5 nitrogen and oxygen atoms in total. The van der Waals surface area contributed by atoms with Gasteiger partial charge < -0.3 is 14.8 Å². The summed E-state index contributed by atoms with van der Waals surface area (Å²) in [6, 6.07) is 29.5. The van der Waals surface area contributed by atoms with E-state index in [9.17, 15) is 9.59 Å². The van der Waals surface area contributed by atoms with E-state index in [4.69, 9.17) is 0 Å². The van der Waals surface area contributed by atoms with E-state index in [0.717, 1.165) is 28.8 Å². The fourth-order valence-corrected chi connectivity index (χ4v) is 4.00. The highest BCUT2D eigenvalue weighted by molar-refractivity contribution is 5.93. The van der Waals surface area contributed by atoms with Gasteiger partial charge >= 0.3 is 0 Å². The Morgan fingerprint density at radius 3 is 2.26 bits per heavy atom. The third-order valence-corrected chi connectivity index (χ3v) is 5.68. The van der Waals surface area contributed by atoms with Crippen molar-refractivity contribution >= 4 is 5.91 Å². The summed E-state index contributed by atoms with van der Waals surface area (Å²) in [5.41, 5.74) is 5.25. The van der Waals surface area contributed by atoms with Gasteiger partial charge in [0, 0.05) is 19.3 Å². The van der Waals surface area contributed by atoms with Crippen LogP contribution >= 0.6 is 0 Å². The highest BCUT2D eigenvalue weighted by Crippen LogP contribution is 2.24. The van der Waals surface area contributed by atoms with Crippen molar-refractivity contribution in [2.75, 3.05) is 14.1 Å². The maximum atomic E-state index is 12.9. The summed E-state index contributed by atoms with van der Waals surface area (Å²) in [7, 11) is 4.10. The molecular weight excluding hydrogens is 422 g/mol. The van der Waals surface area contributed by atoms with Crippen molar-refractivity contribution in [1.29, 1.82) is 0 Å². The Kier molecular flexibility index (Phi) is 7.35. The van der Waals surface area contributed by atoms with Crippen LogP contribution in [-0.4, -0.2) is 29.5 Å². The molecule has 0 spiro atoms. The van der Waals surface area contributed by atoms with Crippen LogP contribution in [0.25, 0.3) is 11.1 Å². The number of rotatable bonds is 8. The predicted molar refractivity (Wildman–Crippen MR) is 137 cm³/mol. The molecule has 0 fully saturated rings. The van der Waals surface area contributed by atoms with Crippen molar-refractivity contribution in [3.8, 4) is 11.1 Å². The maximum absolute atomic E-state index is 12.9. The summed E-state index contributed by atoms with van der Waals surface area (Å²) < 4.78 is 1.56. The van der Waals surface area contributed by atoms with Crippen molar-refractivity contribution < 1.29 is 4.79 Å². The van der Waals surface area contributed by atoms with Gasteiger partial charge in [0.25, 0.3) is 11.5 Å². The summed E-state index contributed by atoms with van der Waals surface area (Å²) in [6.07, 6.45) is 1.71. The van der Waals surface area contributed by atoms with E-state index in [0.29, 0.717) is 13.1 Å². The van der Waals surface area contributed by atoms with E-state index >= 15 is 0 Å². The highest BCUT2D eigenvalue weighted by Gasteiger charge is 2.13. The molecule has 172 valence electrons. The van der Waals surface area contributed by atoms with Crippen LogP contribution < -0.4 is 10.9 Å². The van der Waals surface area contributed by atoms with Crippen LogP contribution in [0.1, 0.15) is 27.0 Å². The van der Waals surface area contributed by atoms with Gasteiger partial charge in [-0.3, -0.25) is 9.59 Å². The van der Waals surface area contributed by atoms with E-state index in [-0.39, 0.29) is 17.0 Å². The van der Waals surface area contributed by atoms with Crippen LogP contribution in [0.4, 0.5) is 0 Å². The summed E-state index contributed by atoms with van der Waals surface area (Å²) in [5.74, 6) is -0.372. The average Bonchev–Trinajstić information content (AvgIpc) is 2.85. The van der Waals surface area contributed by atoms with E-state index in [2.05, 4.69) is 54.6 Å². The number of benzene rings is 3. The highest BCUT2D eigenvalue weighted by atomic mass is 16.2. The van der Waals surface area contributed by atoms with Gasteiger partial charge in [-0.25, -0.2) is 0 Å². The second-order valence-electron chi connectivity index (χ2n) is 8.62. The number of amides is 1. The molecule has 0 saturated heterocycles. The summed E-state index contributed by atoms with van der Waals surface area (Å²) in [6.45, 7) is 1.64. The molecule has 0 aliphatic heterocycles. The van der Waals surface area contributed by atoms with Crippen LogP contribution in [-0.2, 0) is 19.6 Å². The first-order chi connectivity index (χ1) is 16.5. The molecule has 0 aliphatic rings. The standard InChI is InChI=1S/C29H29N3O2/c1-31(2)20-23-14-16-24(17-15-23)26-12-7-6-11-25(26)19-30-28(33)27-13-8-18-32(29(27)34)21-22-9-4-3-5-10-22/h3-18H,19-21H2,1-2H3,(H,30,33). The topological polar surface area (TPSA) is 54.3 Å². The smallest absolute Gasteiger partial charge is 0.263 e. The van der Waals surface area contributed by atoms with E-state index < -0.39 is 0 Å². The Morgan fingerprint density at radius 2 is 1.53 bits per heavy atom. The molecule has 1 aromatic heterocycles. The zero-order valence-electron chi connectivity index (χ0n) is 19.6. The minimum absolute atomic E-state index is 0.143. The monoisotopic (exact) mass is 451 g/mol. The molecular formula is C29H29N3O2. The molecule has 34 heavy (non-hydrogen) atoms. The molecule has 1 amide bonds. The fourth-order valence-electron chi connectivity index (χ4n) is 4.00. The second-order valence-corrected chi connectivity index (χ2v) is 8.62. The first kappa shape index (κ1) is 23.2. The Balaban J connectivity index is 1.49. The molecule has 0 bridgehead atoms. The van der Waals surface area contributed by atoms with Gasteiger partial charge in [0.05, 0.1) is 6.54 Å². The molecule has 0 atom stereocenters. The quantitative estimate of drug-likeness (QED) is 0.427. The van der Waals surface area contributed by atoms with Crippen molar-refractivity contribution in [3.05, 3.63) is 130 Å². The molecule has 0 unspecified atom stereocenters. The third-order valence-electron chi connectivity index (χ3n) is 5.68. The van der Waals surface area contributed by atoms with Crippen LogP contribution in [0.15, 0.2) is 102 Å². The van der Waals surface area contributed by atoms with Crippen LogP contribution in [0.3, 0.4) is 0 Å². The number of pyridine rings is 1. The largest absolute Gasteiger partial charge is 0.348 e. The first-order valence-electron chi connectivity index (χ1n) is 11.3. The number of nitrogens with zero attached hydrogens (tertiary/aromatic N) is 2. The zero-order valence-corrected chi connectivity index (χ0v) is 19.6. The minimum atomic E-state index is -0.372. The molecule has 4 rings (SSSR count). The van der Waals surface area contributed by atoms with Gasteiger partial charge in [-0.1, -0.05) is 78.9 Å². The number of nitrogens with one attached hydrogen (secondary N) is 1. The van der Waals surface area contributed by atoms with Crippen LogP contribution in [0.5, 0.6) is 0 Å². The number of hydrogen-bond acceptors (Lipinski definition) is 3. The molecule has 0 saturated carbocycles. The summed E-state index contributed by atoms with van der Waals surface area (Å²) in [4.78, 5) is 28.0. The van der Waals surface area contributed by atoms with Gasteiger partial charge in [0.15, 0.2) is 0 Å². The van der Waals surface area contributed by atoms with Crippen molar-refractivity contribution in [2.45, 2.75) is 19.6 Å². The van der Waals surface area contributed by atoms with E-state index in [1.807, 2.05) is 48.5 Å². The Labute approximate surface area is 200 Å². The molecule has 0 aliphatic carbocycles. The average molecular weight is 452 g/mol. The molecule has 0 radical (unpaired) electrons. The van der Waals surface area contributed by atoms with Gasteiger partial charge in [0.1, 0.15) is 5.56 Å². The van der Waals surface area contributed by atoms with E-state index in [1.165, 1.54) is 5.56 Å². The minimum Gasteiger partial charge on any atom is -0.348 e. The van der Waals surface area contributed by atoms with Crippen molar-refractivity contribution in [2.24, 2.45) is 0 Å². The lowest BCUT2D eigenvalue weighted by molar-refractivity contribution is 0.0949. The summed E-state index contributed by atoms with van der Waals surface area (Å²) in [5, 5.41) is 2.94. The second kappa shape index (κ2) is 10.8. The molecule has 5 heteroatoms. The molecule has 1 N–H and O–H groups in total. The number of aromatic nitrogens is 1. The Hall–Kier alpha value is -3.96. The maximum Gasteiger partial charge on any atom is 0.263 e. The molecule has 4 aromatic rings. The van der Waals surface area contributed by atoms with Gasteiger partial charge in [0.2, 0.25) is 0 Å². The fraction of sp³-hybridized carbons (Fsp3) is 0.172. The van der Waals surface area contributed by atoms with E-state index in [1.54, 1.807) is 22.9 Å². The number of carbonyl (C=O) groups is 1. The van der Waals surface area contributed by atoms with Crippen LogP contribution in [0.2, 0.25) is 0 Å². The first-order valence-corrected chi connectivity index (χ1v) is 11.3. The zero-order chi connectivity index (χ0) is 23.9. The van der Waals surface area contributed by atoms with Gasteiger partial charge in [-0.15, -0.1) is 0 Å². The van der Waals surface area contributed by atoms with Crippen LogP contribution in [0, 0.1) is 0 Å². The molecule has 1 heterocycles. The van der Waals surface area contributed by atoms with Crippen molar-refractivity contribution in [1.82, 2.24) is 14.8 Å². The number of hydrogen-bond donors (Lipinski definition) is 1. The summed E-state index contributed by atoms with van der Waals surface area (Å²) >= 11 is 0. The predicted octanol–water partition coefficient (Wildman–Crippen LogP) is 4.56. The lowest BCUT2D eigenvalue weighted by Crippen LogP contribution is -2.32. The Morgan fingerprint density at radius 1 is 0.824 bits per heavy atom. The third kappa shape index (κ3) is 5.69. The van der Waals surface area contributed by atoms with Gasteiger partial charge in [-0.05, 0) is 54.0 Å². The Bertz CT molecular complexity index is 1310. The lowest BCUT2D eigenvalue weighted by atomic mass is 9.98. The number of carbonyl (C=O) groups excluding carboxylic acids is 1.